The number of rotatable bonds is 7. The van der Waals surface area contributed by atoms with E-state index < -0.39 is 15.9 Å². The lowest BCUT2D eigenvalue weighted by molar-refractivity contribution is 0.102. The van der Waals surface area contributed by atoms with E-state index in [9.17, 15) is 13.2 Å². The summed E-state index contributed by atoms with van der Waals surface area (Å²) in [5, 5.41) is 3.37. The minimum absolute atomic E-state index is 0.0645. The fourth-order valence-electron chi connectivity index (χ4n) is 1.92. The van der Waals surface area contributed by atoms with Crippen LogP contribution in [0.3, 0.4) is 0 Å². The molecule has 0 unspecified atom stereocenters. The van der Waals surface area contributed by atoms with Crippen LogP contribution in [0.25, 0.3) is 0 Å². The van der Waals surface area contributed by atoms with Gasteiger partial charge in [0.2, 0.25) is 10.0 Å². The Morgan fingerprint density at radius 3 is 2.36 bits per heavy atom. The Kier molecular flexibility index (Phi) is 6.80. The topological polar surface area (TPSA) is 84.5 Å². The fourth-order valence-corrected chi connectivity index (χ4v) is 3.24. The van der Waals surface area contributed by atoms with Crippen molar-refractivity contribution in [2.75, 3.05) is 25.6 Å². The lowest BCUT2D eigenvalue weighted by Gasteiger charge is -2.08. The van der Waals surface area contributed by atoms with Crippen LogP contribution in [0.15, 0.2) is 47.4 Å². The molecule has 2 aromatic carbocycles. The first-order valence-electron chi connectivity index (χ1n) is 7.18. The number of amides is 1. The number of carbonyl (C=O) groups excluding carboxylic acids is 1. The van der Waals surface area contributed by atoms with Crippen molar-refractivity contribution in [3.8, 4) is 0 Å². The number of hydrogen-bond donors (Lipinski definition) is 2. The van der Waals surface area contributed by atoms with E-state index in [0.717, 1.165) is 0 Å². The summed E-state index contributed by atoms with van der Waals surface area (Å²) < 4.78 is 31.3. The Morgan fingerprint density at radius 2 is 1.76 bits per heavy atom. The first kappa shape index (κ1) is 19.7. The number of hydrogen-bond acceptors (Lipinski definition) is 4. The molecule has 9 heteroatoms. The van der Waals surface area contributed by atoms with Gasteiger partial charge in [0, 0.05) is 24.9 Å². The van der Waals surface area contributed by atoms with Crippen LogP contribution in [-0.2, 0) is 14.8 Å². The summed E-state index contributed by atoms with van der Waals surface area (Å²) in [7, 11) is -2.16. The molecular formula is C16H16Cl2N2O4S. The second-order valence-electron chi connectivity index (χ2n) is 5.00. The molecule has 6 nitrogen and oxygen atoms in total. The molecule has 0 aliphatic carbocycles. The van der Waals surface area contributed by atoms with Gasteiger partial charge in [-0.2, -0.15) is 0 Å². The molecule has 0 spiro atoms. The van der Waals surface area contributed by atoms with Gasteiger partial charge in [-0.3, -0.25) is 4.79 Å². The van der Waals surface area contributed by atoms with Crippen LogP contribution in [0.1, 0.15) is 10.4 Å². The van der Waals surface area contributed by atoms with E-state index >= 15 is 0 Å². The molecule has 25 heavy (non-hydrogen) atoms. The van der Waals surface area contributed by atoms with Crippen molar-refractivity contribution in [2.24, 2.45) is 0 Å². The van der Waals surface area contributed by atoms with Gasteiger partial charge in [-0.05, 0) is 42.5 Å². The number of methoxy groups -OCH3 is 1. The lowest BCUT2D eigenvalue weighted by atomic mass is 10.2. The predicted octanol–water partition coefficient (Wildman–Crippen LogP) is 3.17. The van der Waals surface area contributed by atoms with Gasteiger partial charge in [0.15, 0.2) is 0 Å². The molecule has 0 aliphatic rings. The van der Waals surface area contributed by atoms with E-state index in [1.54, 1.807) is 12.1 Å². The molecule has 0 atom stereocenters. The van der Waals surface area contributed by atoms with Crippen LogP contribution >= 0.6 is 23.2 Å². The maximum atomic E-state index is 12.2. The summed E-state index contributed by atoms with van der Waals surface area (Å²) >= 11 is 11.7. The molecule has 0 fully saturated rings. The molecule has 134 valence electrons. The van der Waals surface area contributed by atoms with Gasteiger partial charge in [0.05, 0.1) is 21.5 Å². The van der Waals surface area contributed by atoms with Crippen LogP contribution in [0.2, 0.25) is 10.0 Å². The summed E-state index contributed by atoms with van der Waals surface area (Å²) in [4.78, 5) is 12.3. The smallest absolute Gasteiger partial charge is 0.255 e. The predicted molar refractivity (Wildman–Crippen MR) is 97.9 cm³/mol. The molecule has 0 saturated heterocycles. The first-order chi connectivity index (χ1) is 11.8. The number of anilines is 1. The molecule has 2 rings (SSSR count). The summed E-state index contributed by atoms with van der Waals surface area (Å²) in [5.41, 5.74) is 0.791. The second kappa shape index (κ2) is 8.64. The molecule has 0 saturated carbocycles. The number of nitrogens with one attached hydrogen (secondary N) is 2. The van der Waals surface area contributed by atoms with E-state index in [4.69, 9.17) is 27.9 Å². The van der Waals surface area contributed by atoms with Crippen molar-refractivity contribution >= 4 is 44.8 Å². The van der Waals surface area contributed by atoms with Gasteiger partial charge < -0.3 is 10.1 Å². The zero-order valence-corrected chi connectivity index (χ0v) is 15.6. The average Bonchev–Trinajstić information content (AvgIpc) is 2.58. The SMILES string of the molecule is COCCNS(=O)(=O)c1ccc(C(=O)Nc2ccc(Cl)c(Cl)c2)cc1. The van der Waals surface area contributed by atoms with E-state index in [2.05, 4.69) is 10.0 Å². The lowest BCUT2D eigenvalue weighted by Crippen LogP contribution is -2.27. The third-order valence-corrected chi connectivity index (χ3v) is 5.42. The fraction of sp³-hybridized carbons (Fsp3) is 0.188. The third-order valence-electron chi connectivity index (χ3n) is 3.20. The molecule has 0 radical (unpaired) electrons. The number of carbonyl (C=O) groups is 1. The zero-order chi connectivity index (χ0) is 18.4. The first-order valence-corrected chi connectivity index (χ1v) is 9.42. The number of halogens is 2. The monoisotopic (exact) mass is 402 g/mol. The van der Waals surface area contributed by atoms with E-state index in [1.165, 1.54) is 37.4 Å². The molecule has 0 heterocycles. The minimum atomic E-state index is -3.64. The third kappa shape index (κ3) is 5.42. The van der Waals surface area contributed by atoms with Gasteiger partial charge >= 0.3 is 0 Å². The average molecular weight is 403 g/mol. The Bertz CT molecular complexity index is 855. The molecule has 0 aromatic heterocycles. The Morgan fingerprint density at radius 1 is 1.08 bits per heavy atom. The van der Waals surface area contributed by atoms with Crippen LogP contribution in [0.4, 0.5) is 5.69 Å². The van der Waals surface area contributed by atoms with Gasteiger partial charge in [0.25, 0.3) is 5.91 Å². The van der Waals surface area contributed by atoms with Crippen LogP contribution in [-0.4, -0.2) is 34.6 Å². The number of sulfonamides is 1. The maximum Gasteiger partial charge on any atom is 0.255 e. The standard InChI is InChI=1S/C16H16Cl2N2O4S/c1-24-9-8-19-25(22,23)13-5-2-11(3-6-13)16(21)20-12-4-7-14(17)15(18)10-12/h2-7,10,19H,8-9H2,1H3,(H,20,21). The van der Waals surface area contributed by atoms with E-state index in [1.807, 2.05) is 0 Å². The Balaban J connectivity index is 2.08. The Labute approximate surface area is 156 Å². The highest BCUT2D eigenvalue weighted by Gasteiger charge is 2.14. The zero-order valence-electron chi connectivity index (χ0n) is 13.3. The van der Waals surface area contributed by atoms with Gasteiger partial charge in [-0.15, -0.1) is 0 Å². The van der Waals surface area contributed by atoms with Crippen LogP contribution in [0.5, 0.6) is 0 Å². The van der Waals surface area contributed by atoms with E-state index in [0.29, 0.717) is 21.3 Å². The summed E-state index contributed by atoms with van der Waals surface area (Å²) in [6, 6.07) is 10.3. The largest absolute Gasteiger partial charge is 0.383 e. The van der Waals surface area contributed by atoms with Gasteiger partial charge in [-0.25, -0.2) is 13.1 Å². The maximum absolute atomic E-state index is 12.2. The molecule has 2 aromatic rings. The molecule has 0 aliphatic heterocycles. The minimum Gasteiger partial charge on any atom is -0.383 e. The van der Waals surface area contributed by atoms with Crippen molar-refractivity contribution in [3.05, 3.63) is 58.1 Å². The summed E-state index contributed by atoms with van der Waals surface area (Å²) in [6.07, 6.45) is 0. The summed E-state index contributed by atoms with van der Waals surface area (Å²) in [5.74, 6) is -0.394. The van der Waals surface area contributed by atoms with E-state index in [-0.39, 0.29) is 18.0 Å². The van der Waals surface area contributed by atoms with Gasteiger partial charge in [-0.1, -0.05) is 23.2 Å². The van der Waals surface area contributed by atoms with Crippen molar-refractivity contribution in [1.29, 1.82) is 0 Å². The van der Waals surface area contributed by atoms with Crippen molar-refractivity contribution in [3.63, 3.8) is 0 Å². The molecule has 0 bridgehead atoms. The molecular weight excluding hydrogens is 387 g/mol. The van der Waals surface area contributed by atoms with Crippen molar-refractivity contribution < 1.29 is 17.9 Å². The quantitative estimate of drug-likeness (QED) is 0.696. The highest BCUT2D eigenvalue weighted by atomic mass is 35.5. The Hall–Kier alpha value is -1.64. The summed E-state index contributed by atoms with van der Waals surface area (Å²) in [6.45, 7) is 0.432. The van der Waals surface area contributed by atoms with Crippen molar-refractivity contribution in [1.82, 2.24) is 4.72 Å². The van der Waals surface area contributed by atoms with Crippen molar-refractivity contribution in [2.45, 2.75) is 4.90 Å². The molecule has 2 N–H and O–H groups in total. The molecule has 1 amide bonds. The highest BCUT2D eigenvalue weighted by molar-refractivity contribution is 7.89. The number of benzene rings is 2. The number of ether oxygens (including phenoxy) is 1. The van der Waals surface area contributed by atoms with Crippen LogP contribution in [0, 0.1) is 0 Å². The van der Waals surface area contributed by atoms with Crippen LogP contribution < -0.4 is 10.0 Å². The normalized spacial score (nSPS) is 11.3. The second-order valence-corrected chi connectivity index (χ2v) is 7.58. The highest BCUT2D eigenvalue weighted by Crippen LogP contribution is 2.25. The van der Waals surface area contributed by atoms with Gasteiger partial charge in [0.1, 0.15) is 0 Å².